The Kier molecular flexibility index (Phi) is 7.60. The van der Waals surface area contributed by atoms with Gasteiger partial charge in [-0.15, -0.1) is 0 Å². The van der Waals surface area contributed by atoms with Gasteiger partial charge in [0.15, 0.2) is 0 Å². The average Bonchev–Trinajstić information content (AvgIpc) is 2.26. The Balaban J connectivity index is 4.71. The molecule has 0 aliphatic rings. The number of hydrogen-bond acceptors (Lipinski definition) is 3. The molecule has 20 heavy (non-hydrogen) atoms. The van der Waals surface area contributed by atoms with E-state index in [2.05, 4.69) is 0 Å². The summed E-state index contributed by atoms with van der Waals surface area (Å²) in [6.07, 6.45) is -3.89. The second-order valence-corrected chi connectivity index (χ2v) is 5.19. The maximum absolute atomic E-state index is 12.2. The minimum absolute atomic E-state index is 0.0532. The molecular formula is C13H22F3NO3. The first kappa shape index (κ1) is 18.7. The zero-order valence-corrected chi connectivity index (χ0v) is 12.2. The van der Waals surface area contributed by atoms with Gasteiger partial charge in [0, 0.05) is 0 Å². The van der Waals surface area contributed by atoms with Crippen LogP contribution in [0.5, 0.6) is 0 Å². The average molecular weight is 297 g/mol. The van der Waals surface area contributed by atoms with Crippen LogP contribution in [0.15, 0.2) is 0 Å². The Morgan fingerprint density at radius 1 is 1.20 bits per heavy atom. The van der Waals surface area contributed by atoms with Gasteiger partial charge in [-0.3, -0.25) is 4.79 Å². The maximum atomic E-state index is 12.2. The molecule has 0 heterocycles. The molecule has 0 radical (unpaired) electrons. The summed E-state index contributed by atoms with van der Waals surface area (Å²) in [6.45, 7) is 7.06. The van der Waals surface area contributed by atoms with Crippen molar-refractivity contribution in [2.75, 3.05) is 0 Å². The lowest BCUT2D eigenvalue weighted by Gasteiger charge is -2.22. The smallest absolute Gasteiger partial charge is 0.461 e. The molecule has 0 fully saturated rings. The number of hydrogen-bond donors (Lipinski definition) is 1. The normalized spacial score (nSPS) is 14.8. The number of carbonyl (C=O) groups is 2. The predicted molar refractivity (Wildman–Crippen MR) is 67.9 cm³/mol. The number of carbonyl (C=O) groups excluding carboxylic acids is 2. The van der Waals surface area contributed by atoms with Gasteiger partial charge in [0.25, 0.3) is 0 Å². The molecule has 0 aromatic carbocycles. The van der Waals surface area contributed by atoms with Crippen molar-refractivity contribution in [3.8, 4) is 0 Å². The fourth-order valence-electron chi connectivity index (χ4n) is 1.67. The van der Waals surface area contributed by atoms with Gasteiger partial charge in [-0.25, -0.2) is 4.79 Å². The first-order chi connectivity index (χ1) is 9.07. The SMILES string of the molecule is CCCC(C)OC(=O)[C@H](CC(C)C)NC(=O)C(F)(F)F. The summed E-state index contributed by atoms with van der Waals surface area (Å²) in [6, 6.07) is -1.27. The molecule has 0 aliphatic carbocycles. The molecule has 0 saturated heterocycles. The van der Waals surface area contributed by atoms with Gasteiger partial charge in [-0.1, -0.05) is 27.2 Å². The van der Waals surface area contributed by atoms with Crippen molar-refractivity contribution in [1.82, 2.24) is 5.32 Å². The van der Waals surface area contributed by atoms with E-state index in [1.807, 2.05) is 6.92 Å². The van der Waals surface area contributed by atoms with E-state index < -0.39 is 24.1 Å². The monoisotopic (exact) mass is 297 g/mol. The van der Waals surface area contributed by atoms with Crippen LogP contribution in [0.3, 0.4) is 0 Å². The highest BCUT2D eigenvalue weighted by molar-refractivity contribution is 5.87. The summed E-state index contributed by atoms with van der Waals surface area (Å²) in [5.74, 6) is -3.00. The van der Waals surface area contributed by atoms with Crippen molar-refractivity contribution in [3.05, 3.63) is 0 Å². The molecule has 0 bridgehead atoms. The van der Waals surface area contributed by atoms with Crippen LogP contribution in [0.2, 0.25) is 0 Å². The van der Waals surface area contributed by atoms with Crippen LogP contribution in [0, 0.1) is 5.92 Å². The maximum Gasteiger partial charge on any atom is 0.471 e. The van der Waals surface area contributed by atoms with Crippen LogP contribution in [0.4, 0.5) is 13.2 Å². The van der Waals surface area contributed by atoms with Crippen LogP contribution in [-0.4, -0.2) is 30.2 Å². The first-order valence-corrected chi connectivity index (χ1v) is 6.66. The van der Waals surface area contributed by atoms with E-state index in [0.717, 1.165) is 6.42 Å². The van der Waals surface area contributed by atoms with E-state index in [-0.39, 0.29) is 18.4 Å². The van der Waals surface area contributed by atoms with E-state index in [0.29, 0.717) is 6.42 Å². The number of ether oxygens (including phenoxy) is 1. The van der Waals surface area contributed by atoms with Gasteiger partial charge >= 0.3 is 18.1 Å². The molecule has 118 valence electrons. The fourth-order valence-corrected chi connectivity index (χ4v) is 1.67. The Labute approximate surface area is 117 Å². The van der Waals surface area contributed by atoms with Crippen LogP contribution in [-0.2, 0) is 14.3 Å². The highest BCUT2D eigenvalue weighted by Gasteiger charge is 2.41. The Morgan fingerprint density at radius 2 is 1.75 bits per heavy atom. The molecule has 1 amide bonds. The van der Waals surface area contributed by atoms with E-state index in [1.165, 1.54) is 0 Å². The molecule has 0 rings (SSSR count). The summed E-state index contributed by atoms with van der Waals surface area (Å²) >= 11 is 0. The van der Waals surface area contributed by atoms with E-state index in [4.69, 9.17) is 4.74 Å². The zero-order chi connectivity index (χ0) is 15.9. The van der Waals surface area contributed by atoms with Crippen LogP contribution in [0.25, 0.3) is 0 Å². The van der Waals surface area contributed by atoms with Crippen molar-refractivity contribution in [2.24, 2.45) is 5.92 Å². The van der Waals surface area contributed by atoms with E-state index in [9.17, 15) is 22.8 Å². The van der Waals surface area contributed by atoms with Crippen molar-refractivity contribution >= 4 is 11.9 Å². The summed E-state index contributed by atoms with van der Waals surface area (Å²) in [7, 11) is 0. The second-order valence-electron chi connectivity index (χ2n) is 5.19. The third-order valence-corrected chi connectivity index (χ3v) is 2.57. The summed E-state index contributed by atoms with van der Waals surface area (Å²) in [5.41, 5.74) is 0. The third kappa shape index (κ3) is 7.35. The third-order valence-electron chi connectivity index (χ3n) is 2.57. The van der Waals surface area contributed by atoms with Gasteiger partial charge < -0.3 is 10.1 Å². The van der Waals surface area contributed by atoms with Crippen LogP contribution in [0.1, 0.15) is 47.0 Å². The van der Waals surface area contributed by atoms with Crippen molar-refractivity contribution in [1.29, 1.82) is 0 Å². The number of nitrogens with one attached hydrogen (secondary N) is 1. The lowest BCUT2D eigenvalue weighted by atomic mass is 10.0. The van der Waals surface area contributed by atoms with Gasteiger partial charge in [0.2, 0.25) is 0 Å². The minimum atomic E-state index is -5.01. The number of rotatable bonds is 7. The van der Waals surface area contributed by atoms with Crippen LogP contribution >= 0.6 is 0 Å². The lowest BCUT2D eigenvalue weighted by Crippen LogP contribution is -2.48. The highest BCUT2D eigenvalue weighted by atomic mass is 19.4. The molecule has 2 atom stereocenters. The molecule has 1 unspecified atom stereocenters. The number of amides is 1. The molecule has 1 N–H and O–H groups in total. The fraction of sp³-hybridized carbons (Fsp3) is 0.846. The number of halogens is 3. The molecule has 0 saturated carbocycles. The molecule has 0 spiro atoms. The van der Waals surface area contributed by atoms with Crippen molar-refractivity contribution in [2.45, 2.75) is 65.3 Å². The molecular weight excluding hydrogens is 275 g/mol. The van der Waals surface area contributed by atoms with Gasteiger partial charge in [0.1, 0.15) is 6.04 Å². The summed E-state index contributed by atoms with van der Waals surface area (Å²) < 4.78 is 41.7. The molecule has 7 heteroatoms. The summed E-state index contributed by atoms with van der Waals surface area (Å²) in [4.78, 5) is 22.8. The van der Waals surface area contributed by atoms with Crippen molar-refractivity contribution in [3.63, 3.8) is 0 Å². The van der Waals surface area contributed by atoms with Gasteiger partial charge in [0.05, 0.1) is 6.10 Å². The molecule has 4 nitrogen and oxygen atoms in total. The quantitative estimate of drug-likeness (QED) is 0.735. The van der Waals surface area contributed by atoms with Gasteiger partial charge in [-0.05, 0) is 25.7 Å². The zero-order valence-electron chi connectivity index (χ0n) is 12.2. The van der Waals surface area contributed by atoms with Crippen LogP contribution < -0.4 is 5.32 Å². The first-order valence-electron chi connectivity index (χ1n) is 6.66. The van der Waals surface area contributed by atoms with E-state index >= 15 is 0 Å². The Bertz CT molecular complexity index is 329. The molecule has 0 aromatic heterocycles. The Morgan fingerprint density at radius 3 is 2.15 bits per heavy atom. The molecule has 0 aromatic rings. The standard InChI is InChI=1S/C13H22F3NO3/c1-5-6-9(4)20-11(18)10(7-8(2)3)17-12(19)13(14,15)16/h8-10H,5-7H2,1-4H3,(H,17,19)/t9?,10-/m0/s1. The largest absolute Gasteiger partial charge is 0.471 e. The minimum Gasteiger partial charge on any atom is -0.461 e. The highest BCUT2D eigenvalue weighted by Crippen LogP contribution is 2.16. The topological polar surface area (TPSA) is 55.4 Å². The van der Waals surface area contributed by atoms with Crippen molar-refractivity contribution < 1.29 is 27.5 Å². The van der Waals surface area contributed by atoms with E-state index in [1.54, 1.807) is 26.1 Å². The second kappa shape index (κ2) is 8.11. The lowest BCUT2D eigenvalue weighted by molar-refractivity contribution is -0.176. The summed E-state index contributed by atoms with van der Waals surface area (Å²) in [5, 5.41) is 1.70. The van der Waals surface area contributed by atoms with Gasteiger partial charge in [-0.2, -0.15) is 13.2 Å². The number of esters is 1. The Hall–Kier alpha value is -1.27. The predicted octanol–water partition coefficient (Wildman–Crippen LogP) is 2.81. The number of alkyl halides is 3. The molecule has 0 aliphatic heterocycles.